The van der Waals surface area contributed by atoms with E-state index in [1.54, 1.807) is 0 Å². The normalized spacial score (nSPS) is 20.9. The zero-order valence-corrected chi connectivity index (χ0v) is 11.6. The lowest BCUT2D eigenvalue weighted by Gasteiger charge is -2.34. The largest absolute Gasteiger partial charge is 0.370 e. The Morgan fingerprint density at radius 3 is 2.74 bits per heavy atom. The van der Waals surface area contributed by atoms with Crippen LogP contribution in [0.1, 0.15) is 12.0 Å². The van der Waals surface area contributed by atoms with E-state index >= 15 is 0 Å². The van der Waals surface area contributed by atoms with Gasteiger partial charge in [0.2, 0.25) is 0 Å². The Morgan fingerprint density at radius 2 is 2.00 bits per heavy atom. The first kappa shape index (κ1) is 12.5. The van der Waals surface area contributed by atoms with Crippen LogP contribution in [0.15, 0.2) is 29.3 Å². The second kappa shape index (κ2) is 5.61. The van der Waals surface area contributed by atoms with Gasteiger partial charge in [-0.25, -0.2) is 0 Å². The molecule has 0 atom stereocenters. The number of anilines is 1. The van der Waals surface area contributed by atoms with Crippen LogP contribution in [0.3, 0.4) is 0 Å². The fraction of sp³-hybridized carbons (Fsp3) is 0.533. The molecule has 2 heterocycles. The molecule has 4 heteroatoms. The highest BCUT2D eigenvalue weighted by atomic mass is 15.2. The van der Waals surface area contributed by atoms with Crippen LogP contribution in [0.4, 0.5) is 5.69 Å². The average molecular weight is 258 g/mol. The monoisotopic (exact) mass is 258 g/mol. The van der Waals surface area contributed by atoms with Gasteiger partial charge in [0.05, 0.1) is 0 Å². The number of piperazine rings is 1. The summed E-state index contributed by atoms with van der Waals surface area (Å²) in [6.45, 7) is 6.49. The van der Waals surface area contributed by atoms with Crippen LogP contribution >= 0.6 is 0 Å². The number of hydrogen-bond acceptors (Lipinski definition) is 4. The summed E-state index contributed by atoms with van der Waals surface area (Å²) >= 11 is 0. The highest BCUT2D eigenvalue weighted by Gasteiger charge is 2.15. The third-order valence-corrected chi connectivity index (χ3v) is 3.89. The zero-order chi connectivity index (χ0) is 13.1. The van der Waals surface area contributed by atoms with Gasteiger partial charge in [0.25, 0.3) is 0 Å². The van der Waals surface area contributed by atoms with E-state index in [1.807, 2.05) is 0 Å². The number of amidine groups is 1. The van der Waals surface area contributed by atoms with Crippen molar-refractivity contribution < 1.29 is 0 Å². The molecule has 0 saturated carbocycles. The van der Waals surface area contributed by atoms with Crippen molar-refractivity contribution >= 4 is 11.5 Å². The van der Waals surface area contributed by atoms with Gasteiger partial charge in [0.1, 0.15) is 5.84 Å². The Balaban J connectivity index is 1.78. The SMILES string of the molecule is CN1CCN(c2cccc(C3=NCCCN3)c2)CC1. The summed E-state index contributed by atoms with van der Waals surface area (Å²) in [6, 6.07) is 8.76. The number of nitrogens with zero attached hydrogens (tertiary/aromatic N) is 3. The van der Waals surface area contributed by atoms with Crippen LogP contribution in [0.2, 0.25) is 0 Å². The Kier molecular flexibility index (Phi) is 3.69. The minimum Gasteiger partial charge on any atom is -0.370 e. The van der Waals surface area contributed by atoms with Gasteiger partial charge in [0.15, 0.2) is 0 Å². The molecule has 4 nitrogen and oxygen atoms in total. The summed E-state index contributed by atoms with van der Waals surface area (Å²) in [5, 5.41) is 3.40. The van der Waals surface area contributed by atoms with E-state index in [-0.39, 0.29) is 0 Å². The molecule has 0 bridgehead atoms. The lowest BCUT2D eigenvalue weighted by Crippen LogP contribution is -2.44. The van der Waals surface area contributed by atoms with Gasteiger partial charge >= 0.3 is 0 Å². The summed E-state index contributed by atoms with van der Waals surface area (Å²) < 4.78 is 0. The quantitative estimate of drug-likeness (QED) is 0.864. The summed E-state index contributed by atoms with van der Waals surface area (Å²) in [5.74, 6) is 1.06. The van der Waals surface area contributed by atoms with Crippen LogP contribution in [-0.2, 0) is 0 Å². The van der Waals surface area contributed by atoms with Crippen molar-refractivity contribution in [2.75, 3.05) is 51.2 Å². The number of aliphatic imine (C=N–C) groups is 1. The Labute approximate surface area is 115 Å². The van der Waals surface area contributed by atoms with E-state index in [0.29, 0.717) is 0 Å². The molecule has 1 N–H and O–H groups in total. The van der Waals surface area contributed by atoms with Crippen LogP contribution < -0.4 is 10.2 Å². The molecule has 2 aliphatic rings. The number of rotatable bonds is 2. The average Bonchev–Trinajstić information content (AvgIpc) is 2.49. The minimum absolute atomic E-state index is 0.946. The maximum atomic E-state index is 4.58. The van der Waals surface area contributed by atoms with Crippen LogP contribution in [0.25, 0.3) is 0 Å². The lowest BCUT2D eigenvalue weighted by molar-refractivity contribution is 0.313. The standard InChI is InChI=1S/C15H22N4/c1-18-8-10-19(11-9-18)14-5-2-4-13(12-14)15-16-6-3-7-17-15/h2,4-5,12H,3,6-11H2,1H3,(H,16,17). The van der Waals surface area contributed by atoms with Crippen molar-refractivity contribution in [3.8, 4) is 0 Å². The molecule has 2 aliphatic heterocycles. The molecule has 0 radical (unpaired) electrons. The van der Waals surface area contributed by atoms with Gasteiger partial charge in [-0.05, 0) is 25.6 Å². The maximum absolute atomic E-state index is 4.58. The second-order valence-electron chi connectivity index (χ2n) is 5.35. The van der Waals surface area contributed by atoms with E-state index in [4.69, 9.17) is 0 Å². The fourth-order valence-electron chi connectivity index (χ4n) is 2.64. The van der Waals surface area contributed by atoms with Gasteiger partial charge < -0.3 is 15.1 Å². The van der Waals surface area contributed by atoms with Crippen LogP contribution in [-0.4, -0.2) is 57.1 Å². The van der Waals surface area contributed by atoms with Crippen molar-refractivity contribution in [1.82, 2.24) is 10.2 Å². The first-order valence-corrected chi connectivity index (χ1v) is 7.15. The third kappa shape index (κ3) is 2.89. The summed E-state index contributed by atoms with van der Waals surface area (Å²) in [6.07, 6.45) is 1.14. The molecule has 0 spiro atoms. The molecule has 1 aromatic carbocycles. The van der Waals surface area contributed by atoms with Gasteiger partial charge in [-0.1, -0.05) is 12.1 Å². The second-order valence-corrected chi connectivity index (χ2v) is 5.35. The molecular weight excluding hydrogens is 236 g/mol. The van der Waals surface area contributed by atoms with Crippen molar-refractivity contribution in [1.29, 1.82) is 0 Å². The van der Waals surface area contributed by atoms with Crippen molar-refractivity contribution in [3.63, 3.8) is 0 Å². The Bertz CT molecular complexity index is 461. The maximum Gasteiger partial charge on any atom is 0.128 e. The first-order chi connectivity index (χ1) is 9.33. The topological polar surface area (TPSA) is 30.9 Å². The first-order valence-electron chi connectivity index (χ1n) is 7.15. The van der Waals surface area contributed by atoms with Gasteiger partial charge in [-0.15, -0.1) is 0 Å². The van der Waals surface area contributed by atoms with E-state index in [0.717, 1.165) is 51.5 Å². The van der Waals surface area contributed by atoms with Gasteiger partial charge in [-0.2, -0.15) is 0 Å². The van der Waals surface area contributed by atoms with Gasteiger partial charge in [-0.3, -0.25) is 4.99 Å². The molecule has 19 heavy (non-hydrogen) atoms. The lowest BCUT2D eigenvalue weighted by atomic mass is 10.1. The summed E-state index contributed by atoms with van der Waals surface area (Å²) in [4.78, 5) is 9.42. The number of benzene rings is 1. The molecule has 0 aromatic heterocycles. The Hall–Kier alpha value is -1.55. The van der Waals surface area contributed by atoms with Crippen LogP contribution in [0, 0.1) is 0 Å². The third-order valence-electron chi connectivity index (χ3n) is 3.89. The zero-order valence-electron chi connectivity index (χ0n) is 11.6. The summed E-state index contributed by atoms with van der Waals surface area (Å²) in [7, 11) is 2.19. The molecule has 1 fully saturated rings. The number of hydrogen-bond donors (Lipinski definition) is 1. The van der Waals surface area contributed by atoms with Crippen molar-refractivity contribution in [3.05, 3.63) is 29.8 Å². The molecule has 1 saturated heterocycles. The molecule has 0 aliphatic carbocycles. The highest BCUT2D eigenvalue weighted by Crippen LogP contribution is 2.18. The van der Waals surface area contributed by atoms with Crippen LogP contribution in [0.5, 0.6) is 0 Å². The fourth-order valence-corrected chi connectivity index (χ4v) is 2.64. The van der Waals surface area contributed by atoms with Crippen molar-refractivity contribution in [2.45, 2.75) is 6.42 Å². The predicted octanol–water partition coefficient (Wildman–Crippen LogP) is 1.18. The Morgan fingerprint density at radius 1 is 1.16 bits per heavy atom. The van der Waals surface area contributed by atoms with Gasteiger partial charge in [0, 0.05) is 50.5 Å². The van der Waals surface area contributed by atoms with Crippen molar-refractivity contribution in [2.24, 2.45) is 4.99 Å². The van der Waals surface area contributed by atoms with E-state index < -0.39 is 0 Å². The molecule has 102 valence electrons. The number of nitrogens with one attached hydrogen (secondary N) is 1. The predicted molar refractivity (Wildman–Crippen MR) is 80.2 cm³/mol. The van der Waals surface area contributed by atoms with E-state index in [2.05, 4.69) is 51.4 Å². The number of likely N-dealkylation sites (N-methyl/N-ethyl adjacent to an activating group) is 1. The van der Waals surface area contributed by atoms with E-state index in [1.165, 1.54) is 11.3 Å². The van der Waals surface area contributed by atoms with E-state index in [9.17, 15) is 0 Å². The molecule has 1 aromatic rings. The highest BCUT2D eigenvalue weighted by molar-refractivity contribution is 5.99. The smallest absolute Gasteiger partial charge is 0.128 e. The molecular formula is C15H22N4. The minimum atomic E-state index is 0.946. The molecule has 3 rings (SSSR count). The molecule has 0 amide bonds. The molecule has 0 unspecified atom stereocenters. The summed E-state index contributed by atoms with van der Waals surface area (Å²) in [5.41, 5.74) is 2.54.